The van der Waals surface area contributed by atoms with Crippen LogP contribution in [0.15, 0.2) is 29.9 Å². The first-order chi connectivity index (χ1) is 12.2. The summed E-state index contributed by atoms with van der Waals surface area (Å²) in [4.78, 5) is 23.1. The van der Waals surface area contributed by atoms with Gasteiger partial charge in [-0.1, -0.05) is 12.5 Å². The van der Waals surface area contributed by atoms with Gasteiger partial charge in [-0.25, -0.2) is 4.98 Å². The number of carbonyl (C=O) groups excluding carboxylic acids is 1. The molecule has 3 heterocycles. The zero-order valence-corrected chi connectivity index (χ0v) is 15.2. The predicted octanol–water partition coefficient (Wildman–Crippen LogP) is 2.40. The summed E-state index contributed by atoms with van der Waals surface area (Å²) in [5.74, 6) is 0.0532. The lowest BCUT2D eigenvalue weighted by molar-refractivity contribution is -0.121. The fourth-order valence-electron chi connectivity index (χ4n) is 3.24. The number of hydrogen-bond donors (Lipinski definition) is 2. The lowest BCUT2D eigenvalue weighted by Crippen LogP contribution is -2.40. The number of likely N-dealkylation sites (tertiary alicyclic amines) is 1. The van der Waals surface area contributed by atoms with Gasteiger partial charge in [-0.3, -0.25) is 14.7 Å². The van der Waals surface area contributed by atoms with E-state index in [1.165, 1.54) is 30.6 Å². The van der Waals surface area contributed by atoms with Crippen molar-refractivity contribution in [1.29, 1.82) is 0 Å². The van der Waals surface area contributed by atoms with Crippen LogP contribution < -0.4 is 11.1 Å². The number of nitrogens with one attached hydrogen (secondary N) is 1. The molecule has 0 saturated carbocycles. The maximum atomic E-state index is 12.2. The Morgan fingerprint density at radius 3 is 2.88 bits per heavy atom. The highest BCUT2D eigenvalue weighted by Crippen LogP contribution is 2.23. The first kappa shape index (κ1) is 17.8. The molecule has 0 bridgehead atoms. The Kier molecular flexibility index (Phi) is 6.36. The Morgan fingerprint density at radius 1 is 1.36 bits per heavy atom. The van der Waals surface area contributed by atoms with E-state index >= 15 is 0 Å². The molecule has 0 aliphatic carbocycles. The van der Waals surface area contributed by atoms with Crippen molar-refractivity contribution in [1.82, 2.24) is 20.2 Å². The zero-order valence-electron chi connectivity index (χ0n) is 14.4. The molecule has 7 heteroatoms. The van der Waals surface area contributed by atoms with Gasteiger partial charge in [0.2, 0.25) is 5.91 Å². The van der Waals surface area contributed by atoms with E-state index < -0.39 is 0 Å². The molecular weight excluding hydrogens is 334 g/mol. The number of amides is 1. The summed E-state index contributed by atoms with van der Waals surface area (Å²) in [6.45, 7) is 2.77. The van der Waals surface area contributed by atoms with Gasteiger partial charge in [0, 0.05) is 30.7 Å². The summed E-state index contributed by atoms with van der Waals surface area (Å²) in [7, 11) is 0. The molecule has 2 aromatic rings. The second kappa shape index (κ2) is 8.92. The number of nitrogens with zero attached hydrogens (tertiary/aromatic N) is 3. The van der Waals surface area contributed by atoms with E-state index in [9.17, 15) is 4.79 Å². The number of pyridine rings is 1. The second-order valence-electron chi connectivity index (χ2n) is 6.38. The molecule has 1 aliphatic heterocycles. The zero-order chi connectivity index (χ0) is 17.5. The molecule has 1 aliphatic rings. The summed E-state index contributed by atoms with van der Waals surface area (Å²) in [5.41, 5.74) is 7.68. The molecule has 25 heavy (non-hydrogen) atoms. The molecule has 0 spiro atoms. The second-order valence-corrected chi connectivity index (χ2v) is 7.27. The van der Waals surface area contributed by atoms with Gasteiger partial charge in [0.25, 0.3) is 0 Å². The van der Waals surface area contributed by atoms with Crippen LogP contribution in [0.3, 0.4) is 0 Å². The first-order valence-corrected chi connectivity index (χ1v) is 9.71. The summed E-state index contributed by atoms with van der Waals surface area (Å²) < 4.78 is 0. The molecule has 0 unspecified atom stereocenters. The Hall–Kier alpha value is -1.99. The number of piperidine rings is 1. The lowest BCUT2D eigenvalue weighted by atomic mass is 10.0. The number of anilines is 1. The molecule has 1 saturated heterocycles. The van der Waals surface area contributed by atoms with Gasteiger partial charge in [-0.05, 0) is 44.0 Å². The van der Waals surface area contributed by atoms with Crippen LogP contribution in [0.4, 0.5) is 5.13 Å². The summed E-state index contributed by atoms with van der Waals surface area (Å²) in [6, 6.07) is 4.24. The van der Waals surface area contributed by atoms with E-state index in [0.29, 0.717) is 24.5 Å². The largest absolute Gasteiger partial charge is 0.375 e. The number of rotatable bonds is 7. The van der Waals surface area contributed by atoms with Crippen molar-refractivity contribution < 1.29 is 4.79 Å². The Labute approximate surface area is 152 Å². The van der Waals surface area contributed by atoms with Crippen LogP contribution in [0.25, 0.3) is 0 Å². The van der Waals surface area contributed by atoms with Gasteiger partial charge in [0.15, 0.2) is 5.13 Å². The van der Waals surface area contributed by atoms with E-state index in [1.54, 1.807) is 6.20 Å². The quantitative estimate of drug-likeness (QED) is 0.793. The lowest BCUT2D eigenvalue weighted by Gasteiger charge is -2.34. The average molecular weight is 359 g/mol. The number of hydrogen-bond acceptors (Lipinski definition) is 6. The highest BCUT2D eigenvalue weighted by atomic mass is 32.1. The number of aromatic nitrogens is 2. The maximum Gasteiger partial charge on any atom is 0.220 e. The highest BCUT2D eigenvalue weighted by molar-refractivity contribution is 7.13. The normalized spacial score (nSPS) is 16.5. The number of nitrogens with two attached hydrogens (primary N) is 1. The van der Waals surface area contributed by atoms with Gasteiger partial charge in [-0.2, -0.15) is 0 Å². The van der Waals surface area contributed by atoms with Crippen LogP contribution in [0.5, 0.6) is 0 Å². The monoisotopic (exact) mass is 359 g/mol. The Morgan fingerprint density at radius 2 is 2.20 bits per heavy atom. The molecule has 0 radical (unpaired) electrons. The Balaban J connectivity index is 1.55. The van der Waals surface area contributed by atoms with Crippen molar-refractivity contribution >= 4 is 22.4 Å². The number of nitrogen functional groups attached to an aromatic ring is 1. The molecule has 3 rings (SSSR count). The van der Waals surface area contributed by atoms with Gasteiger partial charge in [0.05, 0.1) is 11.7 Å². The fourth-order valence-corrected chi connectivity index (χ4v) is 3.84. The molecule has 3 N–H and O–H groups in total. The van der Waals surface area contributed by atoms with Crippen molar-refractivity contribution in [3.05, 3.63) is 41.2 Å². The molecule has 1 atom stereocenters. The highest BCUT2D eigenvalue weighted by Gasteiger charge is 2.23. The molecule has 6 nitrogen and oxygen atoms in total. The van der Waals surface area contributed by atoms with Crippen molar-refractivity contribution in [2.24, 2.45) is 0 Å². The van der Waals surface area contributed by atoms with Crippen molar-refractivity contribution in [2.45, 2.75) is 38.1 Å². The van der Waals surface area contributed by atoms with Crippen LogP contribution in [0, 0.1) is 0 Å². The van der Waals surface area contributed by atoms with Gasteiger partial charge in [-0.15, -0.1) is 11.3 Å². The maximum absolute atomic E-state index is 12.2. The van der Waals surface area contributed by atoms with Gasteiger partial charge < -0.3 is 11.1 Å². The first-order valence-electron chi connectivity index (χ1n) is 8.83. The van der Waals surface area contributed by atoms with Crippen LogP contribution in [-0.2, 0) is 11.2 Å². The standard InChI is InChI=1S/C18H25N5OS/c19-18-22-15(13-25-18)6-7-17(24)21-12-16(14-5-4-8-20-11-14)23-9-2-1-3-10-23/h4-5,8,11,13,16H,1-3,6-7,9-10,12H2,(H2,19,22)(H,21,24)/t16-/m0/s1. The van der Waals surface area contributed by atoms with Crippen molar-refractivity contribution in [3.8, 4) is 0 Å². The molecular formula is C18H25N5OS. The summed E-state index contributed by atoms with van der Waals surface area (Å²) >= 11 is 1.41. The topological polar surface area (TPSA) is 84.1 Å². The smallest absolute Gasteiger partial charge is 0.220 e. The van der Waals surface area contributed by atoms with E-state index in [1.807, 2.05) is 17.6 Å². The molecule has 1 amide bonds. The van der Waals surface area contributed by atoms with Crippen LogP contribution in [-0.4, -0.2) is 40.4 Å². The van der Waals surface area contributed by atoms with E-state index in [2.05, 4.69) is 26.3 Å². The Bertz CT molecular complexity index is 669. The third-order valence-electron chi connectivity index (χ3n) is 4.57. The minimum absolute atomic E-state index is 0.0532. The predicted molar refractivity (Wildman–Crippen MR) is 100 cm³/mol. The van der Waals surface area contributed by atoms with E-state index in [-0.39, 0.29) is 11.9 Å². The van der Waals surface area contributed by atoms with Gasteiger partial charge in [0.1, 0.15) is 0 Å². The minimum Gasteiger partial charge on any atom is -0.375 e. The molecule has 134 valence electrons. The van der Waals surface area contributed by atoms with Gasteiger partial charge >= 0.3 is 0 Å². The number of carbonyl (C=O) groups is 1. The molecule has 1 fully saturated rings. The van der Waals surface area contributed by atoms with Crippen LogP contribution >= 0.6 is 11.3 Å². The minimum atomic E-state index is 0.0532. The SMILES string of the molecule is Nc1nc(CCC(=O)NC[C@@H](c2cccnc2)N2CCCCC2)cs1. The molecule has 0 aromatic carbocycles. The average Bonchev–Trinajstić information content (AvgIpc) is 3.07. The van der Waals surface area contributed by atoms with Crippen molar-refractivity contribution in [3.63, 3.8) is 0 Å². The summed E-state index contributed by atoms with van der Waals surface area (Å²) in [6.07, 6.45) is 8.48. The van der Waals surface area contributed by atoms with Crippen LogP contribution in [0.2, 0.25) is 0 Å². The number of thiazole rings is 1. The summed E-state index contributed by atoms with van der Waals surface area (Å²) in [5, 5.41) is 5.56. The molecule has 2 aromatic heterocycles. The third kappa shape index (κ3) is 5.24. The van der Waals surface area contributed by atoms with E-state index in [0.717, 1.165) is 24.3 Å². The van der Waals surface area contributed by atoms with Crippen LogP contribution in [0.1, 0.15) is 43.0 Å². The third-order valence-corrected chi connectivity index (χ3v) is 5.29. The fraction of sp³-hybridized carbons (Fsp3) is 0.500. The van der Waals surface area contributed by atoms with E-state index in [4.69, 9.17) is 5.73 Å². The van der Waals surface area contributed by atoms with Crippen molar-refractivity contribution in [2.75, 3.05) is 25.4 Å². The number of aryl methyl sites for hydroxylation is 1.